The molecule has 1 amide bonds. The molecule has 2 unspecified atom stereocenters. The molecular formula is C16H21N5O. The lowest BCUT2D eigenvalue weighted by Crippen LogP contribution is -2.49. The minimum Gasteiger partial charge on any atom is -0.333 e. The van der Waals surface area contributed by atoms with Gasteiger partial charge in [0.05, 0.1) is 11.9 Å². The molecule has 6 nitrogen and oxygen atoms in total. The Kier molecular flexibility index (Phi) is 4.20. The largest absolute Gasteiger partial charge is 0.333 e. The monoisotopic (exact) mass is 299 g/mol. The van der Waals surface area contributed by atoms with E-state index in [1.54, 1.807) is 0 Å². The van der Waals surface area contributed by atoms with Gasteiger partial charge in [0.15, 0.2) is 5.69 Å². The Labute approximate surface area is 129 Å². The number of piperidine rings is 1. The first-order valence-corrected chi connectivity index (χ1v) is 7.68. The van der Waals surface area contributed by atoms with Crippen LogP contribution >= 0.6 is 0 Å². The van der Waals surface area contributed by atoms with Crippen molar-refractivity contribution in [1.82, 2.24) is 19.9 Å². The molecule has 3 rings (SSSR count). The fourth-order valence-corrected chi connectivity index (χ4v) is 2.94. The molecule has 2 N–H and O–H groups in total. The number of likely N-dealkylation sites (tertiary alicyclic amines) is 1. The van der Waals surface area contributed by atoms with E-state index in [9.17, 15) is 4.79 Å². The number of nitrogens with zero attached hydrogens (tertiary/aromatic N) is 4. The Hall–Kier alpha value is -2.21. The number of hydrogen-bond acceptors (Lipinski definition) is 4. The minimum atomic E-state index is -0.0791. The number of carbonyl (C=O) groups excluding carboxylic acids is 1. The highest BCUT2D eigenvalue weighted by Crippen LogP contribution is 2.23. The van der Waals surface area contributed by atoms with Gasteiger partial charge in [0, 0.05) is 19.1 Å². The summed E-state index contributed by atoms with van der Waals surface area (Å²) in [5.41, 5.74) is 7.04. The van der Waals surface area contributed by atoms with Crippen molar-refractivity contribution in [1.29, 1.82) is 0 Å². The Morgan fingerprint density at radius 2 is 2.14 bits per heavy atom. The molecule has 1 aliphatic heterocycles. The Balaban J connectivity index is 1.79. The van der Waals surface area contributed by atoms with E-state index in [1.165, 1.54) is 11.0 Å². The summed E-state index contributed by atoms with van der Waals surface area (Å²) in [6.07, 6.45) is 3.49. The number of nitrogens with two attached hydrogens (primary N) is 1. The van der Waals surface area contributed by atoms with Crippen molar-refractivity contribution in [3.8, 4) is 5.69 Å². The van der Waals surface area contributed by atoms with Gasteiger partial charge in [0.25, 0.3) is 5.91 Å². The van der Waals surface area contributed by atoms with E-state index in [-0.39, 0.29) is 11.9 Å². The molecule has 0 aliphatic carbocycles. The molecule has 2 atom stereocenters. The molecule has 0 radical (unpaired) electrons. The number of carbonyl (C=O) groups is 1. The summed E-state index contributed by atoms with van der Waals surface area (Å²) in [5, 5.41) is 8.51. The molecule has 1 aromatic carbocycles. The predicted octanol–water partition coefficient (Wildman–Crippen LogP) is 1.47. The standard InChI is InChI=1S/C16H21N5O/c1-12-7-8-20(14(9-12)10-17)16(22)15-11-18-21(19-15)13-5-3-2-4-6-13/h2-6,11-12,14H,7-10,17H2,1H3. The molecule has 1 aliphatic rings. The molecule has 0 saturated carbocycles. The fraction of sp³-hybridized carbons (Fsp3) is 0.438. The van der Waals surface area contributed by atoms with Gasteiger partial charge in [-0.3, -0.25) is 4.79 Å². The van der Waals surface area contributed by atoms with Crippen LogP contribution in [0.15, 0.2) is 36.5 Å². The highest BCUT2D eigenvalue weighted by atomic mass is 16.2. The van der Waals surface area contributed by atoms with E-state index in [0.717, 1.165) is 25.1 Å². The molecule has 1 saturated heterocycles. The van der Waals surface area contributed by atoms with Crippen molar-refractivity contribution in [2.75, 3.05) is 13.1 Å². The zero-order valence-corrected chi connectivity index (χ0v) is 12.7. The summed E-state index contributed by atoms with van der Waals surface area (Å²) < 4.78 is 0. The summed E-state index contributed by atoms with van der Waals surface area (Å²) in [7, 11) is 0. The molecule has 22 heavy (non-hydrogen) atoms. The maximum Gasteiger partial charge on any atom is 0.276 e. The number of hydrogen-bond donors (Lipinski definition) is 1. The van der Waals surface area contributed by atoms with Gasteiger partial charge in [-0.2, -0.15) is 9.90 Å². The Bertz CT molecular complexity index is 639. The van der Waals surface area contributed by atoms with E-state index in [1.807, 2.05) is 35.2 Å². The van der Waals surface area contributed by atoms with Crippen LogP contribution in [0.4, 0.5) is 0 Å². The van der Waals surface area contributed by atoms with E-state index in [4.69, 9.17) is 5.73 Å². The molecule has 0 spiro atoms. The maximum atomic E-state index is 12.7. The zero-order chi connectivity index (χ0) is 15.5. The van der Waals surface area contributed by atoms with Gasteiger partial charge in [0.1, 0.15) is 0 Å². The lowest BCUT2D eigenvalue weighted by atomic mass is 9.92. The van der Waals surface area contributed by atoms with Crippen molar-refractivity contribution >= 4 is 5.91 Å². The summed E-state index contributed by atoms with van der Waals surface area (Å²) in [6, 6.07) is 9.66. The Morgan fingerprint density at radius 1 is 1.36 bits per heavy atom. The molecule has 1 fully saturated rings. The molecule has 2 heterocycles. The van der Waals surface area contributed by atoms with Gasteiger partial charge in [0.2, 0.25) is 0 Å². The smallest absolute Gasteiger partial charge is 0.276 e. The average molecular weight is 299 g/mol. The second-order valence-electron chi connectivity index (χ2n) is 5.87. The van der Waals surface area contributed by atoms with Gasteiger partial charge in [-0.1, -0.05) is 25.1 Å². The number of benzene rings is 1. The SMILES string of the molecule is CC1CCN(C(=O)c2cnn(-c3ccccc3)n2)C(CN)C1. The first-order chi connectivity index (χ1) is 10.7. The van der Waals surface area contributed by atoms with Gasteiger partial charge >= 0.3 is 0 Å². The normalized spacial score (nSPS) is 21.8. The quantitative estimate of drug-likeness (QED) is 0.931. The minimum absolute atomic E-state index is 0.0791. The highest BCUT2D eigenvalue weighted by molar-refractivity contribution is 5.92. The van der Waals surface area contributed by atoms with E-state index in [0.29, 0.717) is 18.2 Å². The number of aromatic nitrogens is 3. The molecule has 6 heteroatoms. The molecule has 1 aromatic heterocycles. The number of para-hydroxylation sites is 1. The van der Waals surface area contributed by atoms with Crippen molar-refractivity contribution in [3.05, 3.63) is 42.2 Å². The number of amides is 1. The zero-order valence-electron chi connectivity index (χ0n) is 12.7. The van der Waals surface area contributed by atoms with E-state index < -0.39 is 0 Å². The third-order valence-corrected chi connectivity index (χ3v) is 4.21. The summed E-state index contributed by atoms with van der Waals surface area (Å²) in [4.78, 5) is 16.0. The van der Waals surface area contributed by atoms with Gasteiger partial charge in [-0.15, -0.1) is 5.10 Å². The molecular weight excluding hydrogens is 278 g/mol. The van der Waals surface area contributed by atoms with Gasteiger partial charge in [-0.05, 0) is 30.9 Å². The average Bonchev–Trinajstić information content (AvgIpc) is 3.05. The van der Waals surface area contributed by atoms with Crippen molar-refractivity contribution < 1.29 is 4.79 Å². The van der Waals surface area contributed by atoms with Crippen LogP contribution in [0.3, 0.4) is 0 Å². The fourth-order valence-electron chi connectivity index (χ4n) is 2.94. The van der Waals surface area contributed by atoms with Crippen LogP contribution in [0.1, 0.15) is 30.3 Å². The molecule has 0 bridgehead atoms. The lowest BCUT2D eigenvalue weighted by molar-refractivity contribution is 0.0567. The van der Waals surface area contributed by atoms with Crippen molar-refractivity contribution in [2.24, 2.45) is 11.7 Å². The van der Waals surface area contributed by atoms with Crippen LogP contribution in [0.25, 0.3) is 5.69 Å². The molecule has 116 valence electrons. The predicted molar refractivity (Wildman–Crippen MR) is 83.6 cm³/mol. The third kappa shape index (κ3) is 2.87. The van der Waals surface area contributed by atoms with Crippen LogP contribution in [-0.4, -0.2) is 44.9 Å². The van der Waals surface area contributed by atoms with Crippen LogP contribution < -0.4 is 5.73 Å². The Morgan fingerprint density at radius 3 is 2.86 bits per heavy atom. The van der Waals surface area contributed by atoms with Crippen LogP contribution in [0, 0.1) is 5.92 Å². The second-order valence-corrected chi connectivity index (χ2v) is 5.87. The third-order valence-electron chi connectivity index (χ3n) is 4.21. The van der Waals surface area contributed by atoms with Gasteiger partial charge < -0.3 is 10.6 Å². The number of rotatable bonds is 3. The summed E-state index contributed by atoms with van der Waals surface area (Å²) >= 11 is 0. The highest BCUT2D eigenvalue weighted by Gasteiger charge is 2.30. The van der Waals surface area contributed by atoms with Crippen LogP contribution in [0.5, 0.6) is 0 Å². The van der Waals surface area contributed by atoms with E-state index >= 15 is 0 Å². The maximum absolute atomic E-state index is 12.7. The topological polar surface area (TPSA) is 77.0 Å². The first-order valence-electron chi connectivity index (χ1n) is 7.68. The first kappa shape index (κ1) is 14.7. The summed E-state index contributed by atoms with van der Waals surface area (Å²) in [6.45, 7) is 3.43. The lowest BCUT2D eigenvalue weighted by Gasteiger charge is -2.37. The van der Waals surface area contributed by atoms with Crippen molar-refractivity contribution in [2.45, 2.75) is 25.8 Å². The second kappa shape index (κ2) is 6.27. The van der Waals surface area contributed by atoms with E-state index in [2.05, 4.69) is 17.1 Å². The van der Waals surface area contributed by atoms with Gasteiger partial charge in [-0.25, -0.2) is 0 Å². The summed E-state index contributed by atoms with van der Waals surface area (Å²) in [5.74, 6) is 0.530. The van der Waals surface area contributed by atoms with Crippen molar-refractivity contribution in [3.63, 3.8) is 0 Å². The van der Waals surface area contributed by atoms with Crippen LogP contribution in [-0.2, 0) is 0 Å². The molecule has 2 aromatic rings. The van der Waals surface area contributed by atoms with Crippen LogP contribution in [0.2, 0.25) is 0 Å².